The summed E-state index contributed by atoms with van der Waals surface area (Å²) in [7, 11) is 0. The normalized spacial score (nSPS) is 33.4. The quantitative estimate of drug-likeness (QED) is 0.653. The van der Waals surface area contributed by atoms with Gasteiger partial charge in [0.15, 0.2) is 0 Å². The van der Waals surface area contributed by atoms with Crippen LogP contribution >= 0.6 is 0 Å². The lowest BCUT2D eigenvalue weighted by atomic mass is 9.92. The smallest absolute Gasteiger partial charge is 0.138 e. The van der Waals surface area contributed by atoms with E-state index >= 15 is 0 Å². The Morgan fingerprint density at radius 2 is 2.15 bits per heavy atom. The van der Waals surface area contributed by atoms with Crippen molar-refractivity contribution >= 4 is 5.78 Å². The molecule has 1 rings (SSSR count). The molecular formula is C11H21NO. The van der Waals surface area contributed by atoms with Gasteiger partial charge in [0.2, 0.25) is 0 Å². The fraction of sp³-hybridized carbons (Fsp3) is 0.909. The van der Waals surface area contributed by atoms with E-state index in [1.54, 1.807) is 0 Å². The van der Waals surface area contributed by atoms with Gasteiger partial charge in [-0.3, -0.25) is 9.69 Å². The predicted octanol–water partition coefficient (Wildman–Crippen LogP) is 2.08. The van der Waals surface area contributed by atoms with Crippen LogP contribution in [0.4, 0.5) is 0 Å². The van der Waals surface area contributed by atoms with Gasteiger partial charge in [0, 0.05) is 31.0 Å². The minimum absolute atomic E-state index is 0.241. The maximum Gasteiger partial charge on any atom is 0.138 e. The molecule has 0 N–H and O–H groups in total. The van der Waals surface area contributed by atoms with Crippen LogP contribution in [-0.2, 0) is 4.79 Å². The Morgan fingerprint density at radius 1 is 1.54 bits per heavy atom. The molecule has 2 nitrogen and oxygen atoms in total. The molecule has 0 radical (unpaired) electrons. The maximum atomic E-state index is 11.4. The molecule has 1 aliphatic rings. The Hall–Kier alpha value is -0.370. The molecule has 1 fully saturated rings. The lowest BCUT2D eigenvalue weighted by molar-refractivity contribution is -0.128. The zero-order chi connectivity index (χ0) is 10.0. The summed E-state index contributed by atoms with van der Waals surface area (Å²) in [6.07, 6.45) is 1.91. The third kappa shape index (κ3) is 2.31. The number of rotatable bonds is 2. The van der Waals surface area contributed by atoms with Crippen molar-refractivity contribution in [2.75, 3.05) is 6.54 Å². The second-order valence-electron chi connectivity index (χ2n) is 4.37. The van der Waals surface area contributed by atoms with Crippen LogP contribution in [0.5, 0.6) is 0 Å². The van der Waals surface area contributed by atoms with Crippen molar-refractivity contribution in [2.24, 2.45) is 5.92 Å². The molecule has 3 unspecified atom stereocenters. The molecule has 0 aromatic rings. The Bertz CT molecular complexity index is 191. The molecule has 3 atom stereocenters. The summed E-state index contributed by atoms with van der Waals surface area (Å²) in [6, 6.07) is 1.06. The molecule has 76 valence electrons. The van der Waals surface area contributed by atoms with Gasteiger partial charge >= 0.3 is 0 Å². The van der Waals surface area contributed by atoms with Gasteiger partial charge in [0.25, 0.3) is 0 Å². The van der Waals surface area contributed by atoms with Gasteiger partial charge in [-0.05, 0) is 20.3 Å². The zero-order valence-electron chi connectivity index (χ0n) is 9.21. The first kappa shape index (κ1) is 10.7. The van der Waals surface area contributed by atoms with E-state index in [2.05, 4.69) is 25.7 Å². The standard InChI is InChI=1S/C11H21NO/c1-5-9(3)12-7-8(2)11(13)6-10(12)4/h8-10H,5-7H2,1-4H3. The van der Waals surface area contributed by atoms with Crippen LogP contribution in [0.15, 0.2) is 0 Å². The van der Waals surface area contributed by atoms with Crippen molar-refractivity contribution in [3.8, 4) is 0 Å². The van der Waals surface area contributed by atoms with Gasteiger partial charge in [-0.15, -0.1) is 0 Å². The molecule has 0 aromatic carbocycles. The van der Waals surface area contributed by atoms with Crippen LogP contribution in [0.1, 0.15) is 40.5 Å². The monoisotopic (exact) mass is 183 g/mol. The van der Waals surface area contributed by atoms with Crippen LogP contribution in [0.3, 0.4) is 0 Å². The van der Waals surface area contributed by atoms with Crippen molar-refractivity contribution in [3.63, 3.8) is 0 Å². The summed E-state index contributed by atoms with van der Waals surface area (Å²) >= 11 is 0. The highest BCUT2D eigenvalue weighted by Gasteiger charge is 2.30. The minimum Gasteiger partial charge on any atom is -0.299 e. The van der Waals surface area contributed by atoms with Crippen LogP contribution in [0.2, 0.25) is 0 Å². The lowest BCUT2D eigenvalue weighted by Crippen LogP contribution is -2.49. The molecule has 1 heterocycles. The highest BCUT2D eigenvalue weighted by Crippen LogP contribution is 2.21. The van der Waals surface area contributed by atoms with E-state index in [4.69, 9.17) is 0 Å². The number of carbonyl (C=O) groups is 1. The van der Waals surface area contributed by atoms with Crippen LogP contribution < -0.4 is 0 Å². The summed E-state index contributed by atoms with van der Waals surface area (Å²) < 4.78 is 0. The average molecular weight is 183 g/mol. The van der Waals surface area contributed by atoms with Crippen LogP contribution in [0.25, 0.3) is 0 Å². The fourth-order valence-electron chi connectivity index (χ4n) is 2.06. The molecule has 0 aliphatic carbocycles. The van der Waals surface area contributed by atoms with E-state index in [1.807, 2.05) is 6.92 Å². The molecule has 1 saturated heterocycles. The van der Waals surface area contributed by atoms with Crippen molar-refractivity contribution in [1.29, 1.82) is 0 Å². The van der Waals surface area contributed by atoms with E-state index in [0.29, 0.717) is 17.9 Å². The maximum absolute atomic E-state index is 11.4. The van der Waals surface area contributed by atoms with E-state index in [0.717, 1.165) is 13.0 Å². The summed E-state index contributed by atoms with van der Waals surface area (Å²) in [6.45, 7) is 9.62. The number of nitrogens with zero attached hydrogens (tertiary/aromatic N) is 1. The third-order valence-corrected chi connectivity index (χ3v) is 3.25. The second kappa shape index (κ2) is 4.23. The predicted molar refractivity (Wildman–Crippen MR) is 54.7 cm³/mol. The summed E-state index contributed by atoms with van der Waals surface area (Å²) in [5.74, 6) is 0.678. The van der Waals surface area contributed by atoms with E-state index in [-0.39, 0.29) is 5.92 Å². The highest BCUT2D eigenvalue weighted by molar-refractivity contribution is 5.82. The Balaban J connectivity index is 2.61. The van der Waals surface area contributed by atoms with Crippen molar-refractivity contribution in [3.05, 3.63) is 0 Å². The van der Waals surface area contributed by atoms with Gasteiger partial charge < -0.3 is 0 Å². The minimum atomic E-state index is 0.241. The zero-order valence-corrected chi connectivity index (χ0v) is 9.21. The Labute approximate surface area is 81.3 Å². The molecule has 0 saturated carbocycles. The Morgan fingerprint density at radius 3 is 2.69 bits per heavy atom. The highest BCUT2D eigenvalue weighted by atomic mass is 16.1. The third-order valence-electron chi connectivity index (χ3n) is 3.25. The summed E-state index contributed by atoms with van der Waals surface area (Å²) in [5, 5.41) is 0. The molecule has 0 aromatic heterocycles. The lowest BCUT2D eigenvalue weighted by Gasteiger charge is -2.39. The number of piperidine rings is 1. The average Bonchev–Trinajstić information content (AvgIpc) is 2.10. The molecule has 13 heavy (non-hydrogen) atoms. The topological polar surface area (TPSA) is 20.3 Å². The number of hydrogen-bond donors (Lipinski definition) is 0. The molecule has 0 amide bonds. The molecule has 0 spiro atoms. The van der Waals surface area contributed by atoms with Crippen molar-refractivity contribution in [1.82, 2.24) is 4.90 Å². The van der Waals surface area contributed by atoms with Crippen LogP contribution in [0, 0.1) is 5.92 Å². The van der Waals surface area contributed by atoms with Crippen molar-refractivity contribution in [2.45, 2.75) is 52.6 Å². The Kier molecular flexibility index (Phi) is 3.48. The number of Topliss-reactive ketones (excluding diaryl/α,β-unsaturated/α-hetero) is 1. The van der Waals surface area contributed by atoms with Gasteiger partial charge in [0.1, 0.15) is 5.78 Å². The molecule has 0 bridgehead atoms. The number of hydrogen-bond acceptors (Lipinski definition) is 2. The molecular weight excluding hydrogens is 162 g/mol. The largest absolute Gasteiger partial charge is 0.299 e. The summed E-state index contributed by atoms with van der Waals surface area (Å²) in [4.78, 5) is 13.9. The molecule has 2 heteroatoms. The van der Waals surface area contributed by atoms with E-state index in [1.165, 1.54) is 6.42 Å². The van der Waals surface area contributed by atoms with Gasteiger partial charge in [-0.2, -0.15) is 0 Å². The number of carbonyl (C=O) groups excluding carboxylic acids is 1. The van der Waals surface area contributed by atoms with Crippen LogP contribution in [-0.4, -0.2) is 29.3 Å². The first-order chi connectivity index (χ1) is 6.06. The fourth-order valence-corrected chi connectivity index (χ4v) is 2.06. The second-order valence-corrected chi connectivity index (χ2v) is 4.37. The molecule has 1 aliphatic heterocycles. The number of likely N-dealkylation sites (tertiary alicyclic amines) is 1. The van der Waals surface area contributed by atoms with Gasteiger partial charge in [0.05, 0.1) is 0 Å². The van der Waals surface area contributed by atoms with E-state index < -0.39 is 0 Å². The number of ketones is 1. The first-order valence-electron chi connectivity index (χ1n) is 5.34. The van der Waals surface area contributed by atoms with Gasteiger partial charge in [-0.25, -0.2) is 0 Å². The summed E-state index contributed by atoms with van der Waals surface area (Å²) in [5.41, 5.74) is 0. The SMILES string of the molecule is CCC(C)N1CC(C)C(=O)CC1C. The van der Waals surface area contributed by atoms with E-state index in [9.17, 15) is 4.79 Å². The van der Waals surface area contributed by atoms with Crippen molar-refractivity contribution < 1.29 is 4.79 Å². The first-order valence-corrected chi connectivity index (χ1v) is 5.34. The van der Waals surface area contributed by atoms with Gasteiger partial charge in [-0.1, -0.05) is 13.8 Å².